The molecule has 0 radical (unpaired) electrons. The lowest BCUT2D eigenvalue weighted by atomic mass is 10.1. The molecule has 0 fully saturated rings. The van der Waals surface area contributed by atoms with Crippen LogP contribution in [0, 0.1) is 5.92 Å². The highest BCUT2D eigenvalue weighted by molar-refractivity contribution is 14.0. The second-order valence-corrected chi connectivity index (χ2v) is 7.46. The molecule has 0 aliphatic rings. The van der Waals surface area contributed by atoms with E-state index in [1.807, 2.05) is 0 Å². The first-order valence-electron chi connectivity index (χ1n) is 7.05. The lowest BCUT2D eigenvalue weighted by Gasteiger charge is -2.12. The van der Waals surface area contributed by atoms with Crippen molar-refractivity contribution in [3.63, 3.8) is 0 Å². The fraction of sp³-hybridized carbons (Fsp3) is 0.923. The van der Waals surface area contributed by atoms with Gasteiger partial charge in [0.1, 0.15) is 9.84 Å². The first-order chi connectivity index (χ1) is 9.35. The molecule has 0 aliphatic heterocycles. The molecular formula is C13H30IN3O3S. The molecule has 0 saturated heterocycles. The Balaban J connectivity index is 0. The van der Waals surface area contributed by atoms with Gasteiger partial charge in [0.15, 0.2) is 5.96 Å². The quantitative estimate of drug-likeness (QED) is 0.234. The van der Waals surface area contributed by atoms with Crippen LogP contribution in [0.3, 0.4) is 0 Å². The van der Waals surface area contributed by atoms with Crippen molar-refractivity contribution in [2.24, 2.45) is 10.9 Å². The summed E-state index contributed by atoms with van der Waals surface area (Å²) in [5.74, 6) is 1.53. The van der Waals surface area contributed by atoms with Crippen molar-refractivity contribution in [3.8, 4) is 0 Å². The van der Waals surface area contributed by atoms with E-state index in [1.54, 1.807) is 7.05 Å². The van der Waals surface area contributed by atoms with Gasteiger partial charge in [-0.1, -0.05) is 13.8 Å². The second-order valence-electron chi connectivity index (χ2n) is 5.20. The van der Waals surface area contributed by atoms with Crippen molar-refractivity contribution in [1.82, 2.24) is 10.6 Å². The third-order valence-corrected chi connectivity index (χ3v) is 3.52. The van der Waals surface area contributed by atoms with E-state index >= 15 is 0 Å². The molecule has 0 aromatic carbocycles. The molecule has 128 valence electrons. The van der Waals surface area contributed by atoms with Gasteiger partial charge in [-0.2, -0.15) is 0 Å². The standard InChI is InChI=1S/C13H29N3O3S.HI/c1-12(2)6-5-7-15-13(14-3)16-8-9-19-10-11-20(4,17)18;/h12H,5-11H2,1-4H3,(H2,14,15,16);1H. The summed E-state index contributed by atoms with van der Waals surface area (Å²) in [4.78, 5) is 4.10. The molecule has 0 atom stereocenters. The molecule has 0 unspecified atom stereocenters. The highest BCUT2D eigenvalue weighted by atomic mass is 127. The van der Waals surface area contributed by atoms with Gasteiger partial charge < -0.3 is 15.4 Å². The van der Waals surface area contributed by atoms with E-state index in [4.69, 9.17) is 4.74 Å². The van der Waals surface area contributed by atoms with Crippen LogP contribution in [0.1, 0.15) is 26.7 Å². The number of aliphatic imine (C=N–C) groups is 1. The minimum absolute atomic E-state index is 0. The zero-order chi connectivity index (χ0) is 15.4. The fourth-order valence-corrected chi connectivity index (χ4v) is 1.91. The largest absolute Gasteiger partial charge is 0.379 e. The average Bonchev–Trinajstić information content (AvgIpc) is 2.34. The van der Waals surface area contributed by atoms with Crippen LogP contribution in [0.15, 0.2) is 4.99 Å². The maximum Gasteiger partial charge on any atom is 0.191 e. The first-order valence-corrected chi connectivity index (χ1v) is 9.11. The van der Waals surface area contributed by atoms with Crippen molar-refractivity contribution in [3.05, 3.63) is 0 Å². The number of rotatable bonds is 10. The van der Waals surface area contributed by atoms with Crippen LogP contribution in [0.25, 0.3) is 0 Å². The van der Waals surface area contributed by atoms with Crippen molar-refractivity contribution < 1.29 is 13.2 Å². The number of hydrogen-bond donors (Lipinski definition) is 2. The molecule has 2 N–H and O–H groups in total. The van der Waals surface area contributed by atoms with Crippen LogP contribution < -0.4 is 10.6 Å². The Morgan fingerprint density at radius 2 is 1.81 bits per heavy atom. The van der Waals surface area contributed by atoms with Crippen molar-refractivity contribution in [1.29, 1.82) is 0 Å². The van der Waals surface area contributed by atoms with E-state index in [0.29, 0.717) is 13.2 Å². The molecule has 0 bridgehead atoms. The molecule has 0 aliphatic carbocycles. The van der Waals surface area contributed by atoms with Gasteiger partial charge in [-0.15, -0.1) is 24.0 Å². The highest BCUT2D eigenvalue weighted by Crippen LogP contribution is 2.01. The van der Waals surface area contributed by atoms with Gasteiger partial charge in [0, 0.05) is 26.4 Å². The number of ether oxygens (including phenoxy) is 1. The highest BCUT2D eigenvalue weighted by Gasteiger charge is 2.01. The Bertz CT molecular complexity index is 373. The van der Waals surface area contributed by atoms with E-state index in [9.17, 15) is 8.42 Å². The Kier molecular flexibility index (Phi) is 15.0. The number of nitrogens with one attached hydrogen (secondary N) is 2. The molecule has 0 spiro atoms. The lowest BCUT2D eigenvalue weighted by molar-refractivity contribution is 0.154. The minimum atomic E-state index is -2.94. The van der Waals surface area contributed by atoms with Gasteiger partial charge in [0.25, 0.3) is 0 Å². The second kappa shape index (κ2) is 13.6. The predicted octanol–water partition coefficient (Wildman–Crippen LogP) is 1.27. The lowest BCUT2D eigenvalue weighted by Crippen LogP contribution is -2.39. The fourth-order valence-electron chi connectivity index (χ4n) is 1.49. The smallest absolute Gasteiger partial charge is 0.191 e. The van der Waals surface area contributed by atoms with Crippen LogP contribution in [0.4, 0.5) is 0 Å². The summed E-state index contributed by atoms with van der Waals surface area (Å²) >= 11 is 0. The molecule has 0 amide bonds. The molecule has 0 heterocycles. The van der Waals surface area contributed by atoms with Gasteiger partial charge in [-0.3, -0.25) is 4.99 Å². The van der Waals surface area contributed by atoms with E-state index in [0.717, 1.165) is 24.8 Å². The third-order valence-electron chi connectivity index (χ3n) is 2.61. The first kappa shape index (κ1) is 23.2. The van der Waals surface area contributed by atoms with Gasteiger partial charge >= 0.3 is 0 Å². The normalized spacial score (nSPS) is 12.1. The maximum atomic E-state index is 10.9. The Morgan fingerprint density at radius 1 is 1.19 bits per heavy atom. The van der Waals surface area contributed by atoms with E-state index in [2.05, 4.69) is 29.5 Å². The molecule has 0 saturated carbocycles. The van der Waals surface area contributed by atoms with Gasteiger partial charge in [0.2, 0.25) is 0 Å². The predicted molar refractivity (Wildman–Crippen MR) is 99.4 cm³/mol. The number of nitrogens with zero attached hydrogens (tertiary/aromatic N) is 1. The van der Waals surface area contributed by atoms with Gasteiger partial charge in [-0.05, 0) is 18.8 Å². The van der Waals surface area contributed by atoms with E-state index < -0.39 is 9.84 Å². The van der Waals surface area contributed by atoms with Crippen LogP contribution >= 0.6 is 24.0 Å². The summed E-state index contributed by atoms with van der Waals surface area (Å²) < 4.78 is 27.0. The molecule has 0 aromatic rings. The number of halogens is 1. The summed E-state index contributed by atoms with van der Waals surface area (Å²) in [5, 5.41) is 6.35. The van der Waals surface area contributed by atoms with E-state index in [1.165, 1.54) is 12.7 Å². The number of hydrogen-bond acceptors (Lipinski definition) is 4. The van der Waals surface area contributed by atoms with Crippen molar-refractivity contribution in [2.45, 2.75) is 26.7 Å². The van der Waals surface area contributed by atoms with Gasteiger partial charge in [-0.25, -0.2) is 8.42 Å². The summed E-state index contributed by atoms with van der Waals surface area (Å²) in [6.45, 7) is 6.62. The van der Waals surface area contributed by atoms with Crippen LogP contribution in [-0.4, -0.2) is 59.7 Å². The van der Waals surface area contributed by atoms with E-state index in [-0.39, 0.29) is 36.3 Å². The summed E-state index contributed by atoms with van der Waals surface area (Å²) in [5.41, 5.74) is 0. The van der Waals surface area contributed by atoms with Crippen LogP contribution in [0.5, 0.6) is 0 Å². The third kappa shape index (κ3) is 17.9. The number of guanidine groups is 1. The molecule has 6 nitrogen and oxygen atoms in total. The van der Waals surface area contributed by atoms with Crippen molar-refractivity contribution in [2.75, 3.05) is 45.4 Å². The zero-order valence-corrected chi connectivity index (χ0v) is 16.7. The average molecular weight is 435 g/mol. The molecule has 0 rings (SSSR count). The Labute approximate surface area is 146 Å². The Hall–Kier alpha value is -0.0900. The summed E-state index contributed by atoms with van der Waals surface area (Å²) in [6.07, 6.45) is 3.51. The molecule has 21 heavy (non-hydrogen) atoms. The maximum absolute atomic E-state index is 10.9. The van der Waals surface area contributed by atoms with Crippen molar-refractivity contribution >= 4 is 39.8 Å². The topological polar surface area (TPSA) is 79.8 Å². The molecular weight excluding hydrogens is 405 g/mol. The van der Waals surface area contributed by atoms with Gasteiger partial charge in [0.05, 0.1) is 19.0 Å². The summed E-state index contributed by atoms with van der Waals surface area (Å²) in [6, 6.07) is 0. The Morgan fingerprint density at radius 3 is 2.33 bits per heavy atom. The minimum Gasteiger partial charge on any atom is -0.379 e. The van der Waals surface area contributed by atoms with Crippen LogP contribution in [-0.2, 0) is 14.6 Å². The summed E-state index contributed by atoms with van der Waals surface area (Å²) in [7, 11) is -1.21. The molecule has 0 aromatic heterocycles. The zero-order valence-electron chi connectivity index (χ0n) is 13.5. The monoisotopic (exact) mass is 435 g/mol. The SMILES string of the molecule is CN=C(NCCCC(C)C)NCCOCCS(C)(=O)=O.I. The number of sulfone groups is 1. The molecule has 8 heteroatoms. The van der Waals surface area contributed by atoms with Crippen LogP contribution in [0.2, 0.25) is 0 Å².